The minimum absolute atomic E-state index is 0.219. The van der Waals surface area contributed by atoms with Crippen LogP contribution in [0.25, 0.3) is 0 Å². The molecule has 0 aromatic rings. The molecule has 3 atom stereocenters. The second-order valence-electron chi connectivity index (χ2n) is 4.69. The fraction of sp³-hybridized carbons (Fsp3) is 0.818. The molecule has 0 aromatic heterocycles. The highest BCUT2D eigenvalue weighted by Gasteiger charge is 2.27. The Bertz CT molecular complexity index is 301. The van der Waals surface area contributed by atoms with E-state index in [4.69, 9.17) is 10.2 Å². The molecule has 2 unspecified atom stereocenters. The van der Waals surface area contributed by atoms with Gasteiger partial charge in [0.25, 0.3) is 0 Å². The number of nitrogens with zero attached hydrogens (tertiary/aromatic N) is 1. The summed E-state index contributed by atoms with van der Waals surface area (Å²) < 4.78 is 0. The number of carboxylic acid groups (broad SMARTS) is 1. The first kappa shape index (κ1) is 14.7. The highest BCUT2D eigenvalue weighted by Crippen LogP contribution is 2.19. The van der Waals surface area contributed by atoms with Crippen LogP contribution in [0.5, 0.6) is 0 Å². The molecule has 1 rings (SSSR count). The first-order chi connectivity index (χ1) is 8.45. The number of rotatable bonds is 4. The van der Waals surface area contributed by atoms with Gasteiger partial charge in [-0.3, -0.25) is 5.43 Å². The number of hydrogen-bond donors (Lipinski definition) is 4. The summed E-state index contributed by atoms with van der Waals surface area (Å²) in [5, 5.41) is 21.6. The Morgan fingerprint density at radius 3 is 2.33 bits per heavy atom. The van der Waals surface area contributed by atoms with E-state index in [0.717, 1.165) is 19.3 Å². The molecule has 18 heavy (non-hydrogen) atoms. The molecule has 0 radical (unpaired) electrons. The summed E-state index contributed by atoms with van der Waals surface area (Å²) in [4.78, 5) is 22.3. The van der Waals surface area contributed by atoms with Gasteiger partial charge in [0.15, 0.2) is 6.04 Å². The molecule has 7 heteroatoms. The lowest BCUT2D eigenvalue weighted by molar-refractivity contribution is -0.140. The number of amides is 2. The molecular weight excluding hydrogens is 238 g/mol. The van der Waals surface area contributed by atoms with E-state index in [1.807, 2.05) is 18.9 Å². The van der Waals surface area contributed by atoms with E-state index in [2.05, 4.69) is 10.7 Å². The van der Waals surface area contributed by atoms with Crippen molar-refractivity contribution in [2.75, 3.05) is 6.61 Å². The van der Waals surface area contributed by atoms with Crippen LogP contribution in [0, 0.1) is 0 Å². The zero-order chi connectivity index (χ0) is 13.7. The molecule has 1 fully saturated rings. The van der Waals surface area contributed by atoms with Crippen molar-refractivity contribution in [1.82, 2.24) is 15.8 Å². The summed E-state index contributed by atoms with van der Waals surface area (Å²) in [6.45, 7) is 3.39. The smallest absolute Gasteiger partial charge is 0.330 e. The van der Waals surface area contributed by atoms with Gasteiger partial charge in [0.1, 0.15) is 0 Å². The van der Waals surface area contributed by atoms with Crippen LogP contribution in [-0.4, -0.2) is 52.0 Å². The second kappa shape index (κ2) is 6.55. The number of hydrogen-bond acceptors (Lipinski definition) is 4. The van der Waals surface area contributed by atoms with E-state index >= 15 is 0 Å². The highest BCUT2D eigenvalue weighted by atomic mass is 16.4. The number of carbonyl (C=O) groups excluding carboxylic acids is 1. The fourth-order valence-corrected chi connectivity index (χ4v) is 2.13. The average Bonchev–Trinajstić information content (AvgIpc) is 2.30. The lowest BCUT2D eigenvalue weighted by Gasteiger charge is -2.38. The average molecular weight is 259 g/mol. The number of hydrazine groups is 1. The van der Waals surface area contributed by atoms with Crippen LogP contribution in [0.1, 0.15) is 33.1 Å². The molecule has 0 aliphatic carbocycles. The van der Waals surface area contributed by atoms with Crippen LogP contribution >= 0.6 is 0 Å². The van der Waals surface area contributed by atoms with Crippen molar-refractivity contribution < 1.29 is 19.8 Å². The van der Waals surface area contributed by atoms with E-state index in [1.54, 1.807) is 0 Å². The van der Waals surface area contributed by atoms with Crippen LogP contribution in [-0.2, 0) is 4.79 Å². The van der Waals surface area contributed by atoms with Gasteiger partial charge in [-0.15, -0.1) is 0 Å². The van der Waals surface area contributed by atoms with Crippen molar-refractivity contribution in [1.29, 1.82) is 0 Å². The molecule has 2 amide bonds. The maximum absolute atomic E-state index is 11.6. The molecule has 1 saturated heterocycles. The van der Waals surface area contributed by atoms with Crippen LogP contribution in [0.2, 0.25) is 0 Å². The third kappa shape index (κ3) is 3.85. The van der Waals surface area contributed by atoms with Crippen molar-refractivity contribution in [3.63, 3.8) is 0 Å². The van der Waals surface area contributed by atoms with Gasteiger partial charge in [0, 0.05) is 12.1 Å². The quantitative estimate of drug-likeness (QED) is 0.565. The number of aliphatic hydroxyl groups is 1. The van der Waals surface area contributed by atoms with Gasteiger partial charge >= 0.3 is 12.0 Å². The Labute approximate surface area is 106 Å². The van der Waals surface area contributed by atoms with Crippen LogP contribution < -0.4 is 10.7 Å². The first-order valence-electron chi connectivity index (χ1n) is 6.14. The van der Waals surface area contributed by atoms with Gasteiger partial charge in [-0.1, -0.05) is 6.42 Å². The molecule has 0 bridgehead atoms. The third-order valence-electron chi connectivity index (χ3n) is 3.21. The summed E-state index contributed by atoms with van der Waals surface area (Å²) >= 11 is 0. The Morgan fingerprint density at radius 1 is 1.33 bits per heavy atom. The van der Waals surface area contributed by atoms with Gasteiger partial charge in [-0.25, -0.2) is 14.6 Å². The topological polar surface area (TPSA) is 102 Å². The Balaban J connectivity index is 2.50. The van der Waals surface area contributed by atoms with Crippen molar-refractivity contribution in [2.45, 2.75) is 51.2 Å². The molecule has 1 aliphatic rings. The number of aliphatic carboxylic acids is 1. The molecular formula is C11H21N3O4. The van der Waals surface area contributed by atoms with Crippen molar-refractivity contribution in [2.24, 2.45) is 0 Å². The lowest BCUT2D eigenvalue weighted by Crippen LogP contribution is -2.58. The van der Waals surface area contributed by atoms with Gasteiger partial charge in [-0.2, -0.15) is 0 Å². The Hall–Kier alpha value is -1.34. The molecule has 1 aliphatic heterocycles. The SMILES string of the molecule is CC1CCCC(C)N1NC(=O)N[C@H](CO)C(=O)O. The maximum Gasteiger partial charge on any atom is 0.330 e. The normalized spacial score (nSPS) is 26.4. The number of piperidine rings is 1. The molecule has 1 heterocycles. The predicted molar refractivity (Wildman–Crippen MR) is 64.8 cm³/mol. The first-order valence-corrected chi connectivity index (χ1v) is 6.14. The summed E-state index contributed by atoms with van der Waals surface area (Å²) in [6.07, 6.45) is 3.11. The summed E-state index contributed by atoms with van der Waals surface area (Å²) in [7, 11) is 0. The van der Waals surface area contributed by atoms with Gasteiger partial charge in [-0.05, 0) is 26.7 Å². The summed E-state index contributed by atoms with van der Waals surface area (Å²) in [5.74, 6) is -1.26. The van der Waals surface area contributed by atoms with Crippen LogP contribution in [0.15, 0.2) is 0 Å². The minimum Gasteiger partial charge on any atom is -0.480 e. The molecule has 7 nitrogen and oxygen atoms in total. The third-order valence-corrected chi connectivity index (χ3v) is 3.21. The fourth-order valence-electron chi connectivity index (χ4n) is 2.13. The molecule has 0 spiro atoms. The van der Waals surface area contributed by atoms with Crippen molar-refractivity contribution in [3.8, 4) is 0 Å². The van der Waals surface area contributed by atoms with Crippen molar-refractivity contribution >= 4 is 12.0 Å². The van der Waals surface area contributed by atoms with E-state index in [-0.39, 0.29) is 12.1 Å². The predicted octanol–water partition coefficient (Wildman–Crippen LogP) is -0.0910. The lowest BCUT2D eigenvalue weighted by atomic mass is 10.00. The zero-order valence-corrected chi connectivity index (χ0v) is 10.7. The number of carbonyl (C=O) groups is 2. The van der Waals surface area contributed by atoms with Gasteiger partial charge < -0.3 is 15.5 Å². The van der Waals surface area contributed by atoms with Crippen LogP contribution in [0.3, 0.4) is 0 Å². The number of aliphatic hydroxyl groups excluding tert-OH is 1. The zero-order valence-electron chi connectivity index (χ0n) is 10.7. The van der Waals surface area contributed by atoms with Crippen LogP contribution in [0.4, 0.5) is 4.79 Å². The van der Waals surface area contributed by atoms with Crippen molar-refractivity contribution in [3.05, 3.63) is 0 Å². The van der Waals surface area contributed by atoms with E-state index < -0.39 is 24.6 Å². The maximum atomic E-state index is 11.6. The Morgan fingerprint density at radius 2 is 1.89 bits per heavy atom. The largest absolute Gasteiger partial charge is 0.480 e. The van der Waals surface area contributed by atoms with Gasteiger partial charge in [0.05, 0.1) is 6.61 Å². The van der Waals surface area contributed by atoms with E-state index in [0.29, 0.717) is 0 Å². The second-order valence-corrected chi connectivity index (χ2v) is 4.69. The molecule has 104 valence electrons. The molecule has 0 saturated carbocycles. The summed E-state index contributed by atoms with van der Waals surface area (Å²) in [5.41, 5.74) is 2.65. The Kier molecular flexibility index (Phi) is 5.36. The molecule has 4 N–H and O–H groups in total. The monoisotopic (exact) mass is 259 g/mol. The number of urea groups is 1. The number of carboxylic acids is 1. The summed E-state index contributed by atoms with van der Waals surface area (Å²) in [6, 6.07) is -1.44. The number of nitrogens with one attached hydrogen (secondary N) is 2. The van der Waals surface area contributed by atoms with Gasteiger partial charge in [0.2, 0.25) is 0 Å². The minimum atomic E-state index is -1.28. The standard InChI is InChI=1S/C11H21N3O4/c1-7-4-3-5-8(2)14(7)13-11(18)12-9(6-15)10(16)17/h7-9,15H,3-6H2,1-2H3,(H,16,17)(H2,12,13,18)/t7?,8?,9-/m1/s1. The van der Waals surface area contributed by atoms with E-state index in [1.165, 1.54) is 0 Å². The molecule has 0 aromatic carbocycles. The highest BCUT2D eigenvalue weighted by molar-refractivity contribution is 5.82. The van der Waals surface area contributed by atoms with E-state index in [9.17, 15) is 9.59 Å².